The number of carbonyl (C=O) groups is 2. The minimum atomic E-state index is -0.463. The number of methoxy groups -OCH3 is 2. The van der Waals surface area contributed by atoms with Crippen molar-refractivity contribution in [1.82, 2.24) is 4.90 Å². The third-order valence-corrected chi connectivity index (χ3v) is 5.44. The molecule has 0 atom stereocenters. The van der Waals surface area contributed by atoms with Crippen molar-refractivity contribution in [2.45, 2.75) is 0 Å². The lowest BCUT2D eigenvalue weighted by molar-refractivity contribution is -0.126. The number of benzene rings is 2. The number of anilines is 1. The summed E-state index contributed by atoms with van der Waals surface area (Å²) in [4.78, 5) is 26.6. The van der Waals surface area contributed by atoms with Gasteiger partial charge in [0, 0.05) is 0 Å². The number of thiocarbonyl (C=S) groups is 1. The second-order valence-corrected chi connectivity index (χ2v) is 7.62. The molecule has 0 bridgehead atoms. The molecule has 2 N–H and O–H groups in total. The average Bonchev–Trinajstić information content (AvgIpc) is 2.97. The monoisotopic (exact) mass is 430 g/mol. The summed E-state index contributed by atoms with van der Waals surface area (Å²) in [5.74, 6) is 0.244. The van der Waals surface area contributed by atoms with E-state index in [2.05, 4.69) is 5.32 Å². The van der Waals surface area contributed by atoms with Crippen molar-refractivity contribution in [2.75, 3.05) is 26.1 Å². The summed E-state index contributed by atoms with van der Waals surface area (Å²) >= 11 is 6.38. The topological polar surface area (TPSA) is 88.1 Å². The smallest absolute Gasteiger partial charge is 0.266 e. The normalized spacial score (nSPS) is 15.0. The van der Waals surface area contributed by atoms with E-state index in [9.17, 15) is 14.7 Å². The molecule has 7 nitrogen and oxygen atoms in total. The van der Waals surface area contributed by atoms with Crippen molar-refractivity contribution < 1.29 is 24.2 Å². The van der Waals surface area contributed by atoms with Gasteiger partial charge in [-0.2, -0.15) is 0 Å². The fourth-order valence-electron chi connectivity index (χ4n) is 2.64. The van der Waals surface area contributed by atoms with Crippen LogP contribution in [0, 0.1) is 0 Å². The van der Waals surface area contributed by atoms with Gasteiger partial charge in [-0.15, -0.1) is 0 Å². The summed E-state index contributed by atoms with van der Waals surface area (Å²) in [7, 11) is 3.08. The Bertz CT molecular complexity index is 1010. The summed E-state index contributed by atoms with van der Waals surface area (Å²) in [6.07, 6.45) is 1.68. The van der Waals surface area contributed by atoms with Crippen molar-refractivity contribution in [2.24, 2.45) is 0 Å². The minimum Gasteiger partial charge on any atom is -0.506 e. The molecule has 150 valence electrons. The molecule has 0 radical (unpaired) electrons. The number of aromatic hydroxyl groups is 1. The van der Waals surface area contributed by atoms with Gasteiger partial charge in [-0.3, -0.25) is 14.5 Å². The number of ether oxygens (including phenoxy) is 2. The number of nitrogens with one attached hydrogen (secondary N) is 1. The van der Waals surface area contributed by atoms with Crippen LogP contribution in [0.25, 0.3) is 6.08 Å². The highest BCUT2D eigenvalue weighted by molar-refractivity contribution is 8.26. The first-order valence-corrected chi connectivity index (χ1v) is 9.70. The highest BCUT2D eigenvalue weighted by atomic mass is 32.2. The van der Waals surface area contributed by atoms with Gasteiger partial charge in [0.1, 0.15) is 16.6 Å². The molecule has 1 heterocycles. The van der Waals surface area contributed by atoms with E-state index in [1.54, 1.807) is 49.6 Å². The second kappa shape index (κ2) is 8.97. The zero-order valence-corrected chi connectivity index (χ0v) is 17.3. The third-order valence-electron chi connectivity index (χ3n) is 4.06. The van der Waals surface area contributed by atoms with Crippen LogP contribution in [0.1, 0.15) is 5.56 Å². The van der Waals surface area contributed by atoms with Gasteiger partial charge in [-0.05, 0) is 35.9 Å². The maximum Gasteiger partial charge on any atom is 0.266 e. The van der Waals surface area contributed by atoms with Gasteiger partial charge >= 0.3 is 0 Å². The molecule has 3 rings (SSSR count). The molecule has 1 aliphatic rings. The van der Waals surface area contributed by atoms with Crippen molar-refractivity contribution in [3.8, 4) is 17.2 Å². The average molecular weight is 431 g/mol. The number of thioether (sulfide) groups is 1. The number of para-hydroxylation sites is 2. The van der Waals surface area contributed by atoms with Gasteiger partial charge < -0.3 is 19.9 Å². The Kier molecular flexibility index (Phi) is 6.40. The molecule has 2 aromatic carbocycles. The molecule has 2 aromatic rings. The number of carbonyl (C=O) groups excluding carboxylic acids is 2. The molecule has 1 saturated heterocycles. The Morgan fingerprint density at radius 2 is 1.93 bits per heavy atom. The van der Waals surface area contributed by atoms with Gasteiger partial charge in [-0.25, -0.2) is 0 Å². The van der Waals surface area contributed by atoms with E-state index >= 15 is 0 Å². The Morgan fingerprint density at radius 1 is 1.21 bits per heavy atom. The van der Waals surface area contributed by atoms with Crippen LogP contribution >= 0.6 is 24.0 Å². The molecule has 0 aromatic heterocycles. The zero-order valence-electron chi connectivity index (χ0n) is 15.7. The van der Waals surface area contributed by atoms with Crippen molar-refractivity contribution in [3.63, 3.8) is 0 Å². The van der Waals surface area contributed by atoms with Crippen LogP contribution in [-0.2, 0) is 9.59 Å². The van der Waals surface area contributed by atoms with Crippen LogP contribution in [0.4, 0.5) is 5.69 Å². The van der Waals surface area contributed by atoms with Gasteiger partial charge in [-0.1, -0.05) is 42.2 Å². The molecule has 0 saturated carbocycles. The molecule has 29 heavy (non-hydrogen) atoms. The van der Waals surface area contributed by atoms with Crippen LogP contribution in [0.15, 0.2) is 47.4 Å². The van der Waals surface area contributed by atoms with E-state index in [-0.39, 0.29) is 28.2 Å². The third kappa shape index (κ3) is 4.69. The molecule has 0 aliphatic carbocycles. The molecular formula is C20H18N2O5S2. The van der Waals surface area contributed by atoms with E-state index in [1.165, 1.54) is 18.1 Å². The molecule has 1 fully saturated rings. The zero-order chi connectivity index (χ0) is 21.0. The standard InChI is InChI=1S/C20H18N2O5S2/c1-26-15-8-7-12(9-16(15)27-2)10-17-19(25)22(20(28)29-17)11-18(24)21-13-5-3-4-6-14(13)23/h3-10,23H,11H2,1-2H3,(H,21,24)/b17-10+. The number of rotatable bonds is 6. The first kappa shape index (κ1) is 20.7. The van der Waals surface area contributed by atoms with Crippen LogP contribution < -0.4 is 14.8 Å². The lowest BCUT2D eigenvalue weighted by Gasteiger charge is -2.14. The van der Waals surface area contributed by atoms with E-state index in [1.807, 2.05) is 0 Å². The van der Waals surface area contributed by atoms with Crippen LogP contribution in [0.3, 0.4) is 0 Å². The quantitative estimate of drug-likeness (QED) is 0.413. The highest BCUT2D eigenvalue weighted by Crippen LogP contribution is 2.34. The molecule has 2 amide bonds. The van der Waals surface area contributed by atoms with Gasteiger partial charge in [0.25, 0.3) is 5.91 Å². The van der Waals surface area contributed by atoms with Gasteiger partial charge in [0.2, 0.25) is 5.91 Å². The number of phenols is 1. The van der Waals surface area contributed by atoms with Crippen molar-refractivity contribution in [1.29, 1.82) is 0 Å². The number of nitrogens with zero attached hydrogens (tertiary/aromatic N) is 1. The predicted molar refractivity (Wildman–Crippen MR) is 116 cm³/mol. The Balaban J connectivity index is 1.73. The number of amides is 2. The predicted octanol–water partition coefficient (Wildman–Crippen LogP) is 3.25. The fraction of sp³-hybridized carbons (Fsp3) is 0.150. The molecular weight excluding hydrogens is 412 g/mol. The molecule has 9 heteroatoms. The van der Waals surface area contributed by atoms with Gasteiger partial charge in [0.05, 0.1) is 24.8 Å². The second-order valence-electron chi connectivity index (χ2n) is 5.95. The number of hydrogen-bond donors (Lipinski definition) is 2. The summed E-state index contributed by atoms with van der Waals surface area (Å²) in [6.45, 7) is -0.248. The Labute approximate surface area is 177 Å². The summed E-state index contributed by atoms with van der Waals surface area (Å²) in [5, 5.41) is 12.3. The summed E-state index contributed by atoms with van der Waals surface area (Å²) in [6, 6.07) is 11.6. The van der Waals surface area contributed by atoms with E-state index in [0.717, 1.165) is 17.3 Å². The molecule has 0 unspecified atom stereocenters. The first-order chi connectivity index (χ1) is 13.9. The van der Waals surface area contributed by atoms with Crippen LogP contribution in [0.2, 0.25) is 0 Å². The maximum absolute atomic E-state index is 12.7. The van der Waals surface area contributed by atoms with Crippen LogP contribution in [-0.4, -0.2) is 46.9 Å². The molecule has 1 aliphatic heterocycles. The number of phenolic OH excluding ortho intramolecular Hbond substituents is 1. The molecule has 0 spiro atoms. The SMILES string of the molecule is COc1ccc(/C=C2/SC(=S)N(CC(=O)Nc3ccccc3O)C2=O)cc1OC. The lowest BCUT2D eigenvalue weighted by atomic mass is 10.2. The van der Waals surface area contributed by atoms with E-state index in [0.29, 0.717) is 16.4 Å². The number of hydrogen-bond acceptors (Lipinski definition) is 7. The van der Waals surface area contributed by atoms with Crippen LogP contribution in [0.5, 0.6) is 17.2 Å². The van der Waals surface area contributed by atoms with Crippen molar-refractivity contribution in [3.05, 3.63) is 52.9 Å². The van der Waals surface area contributed by atoms with E-state index < -0.39 is 5.91 Å². The maximum atomic E-state index is 12.7. The summed E-state index contributed by atoms with van der Waals surface area (Å²) < 4.78 is 10.8. The van der Waals surface area contributed by atoms with E-state index in [4.69, 9.17) is 21.7 Å². The Hall–Kier alpha value is -3.04. The first-order valence-electron chi connectivity index (χ1n) is 8.48. The van der Waals surface area contributed by atoms with Gasteiger partial charge in [0.15, 0.2) is 11.5 Å². The summed E-state index contributed by atoms with van der Waals surface area (Å²) in [5.41, 5.74) is 1.01. The Morgan fingerprint density at radius 3 is 2.62 bits per heavy atom. The largest absolute Gasteiger partial charge is 0.506 e. The fourth-order valence-corrected chi connectivity index (χ4v) is 3.90. The van der Waals surface area contributed by atoms with Crippen molar-refractivity contribution >= 4 is 51.9 Å². The highest BCUT2D eigenvalue weighted by Gasteiger charge is 2.33. The lowest BCUT2D eigenvalue weighted by Crippen LogP contribution is -2.36. The minimum absolute atomic E-state index is 0.0559.